The molecule has 2 aromatic heterocycles. The van der Waals surface area contributed by atoms with E-state index in [4.69, 9.17) is 18.6 Å². The molecule has 0 saturated carbocycles. The number of unbranched alkanes of at least 4 members (excludes halogenated alkanes) is 1. The summed E-state index contributed by atoms with van der Waals surface area (Å²) in [6, 6.07) is 11.9. The monoisotopic (exact) mass is 397 g/mol. The molecule has 1 atom stereocenters. The van der Waals surface area contributed by atoms with E-state index in [9.17, 15) is 4.79 Å². The second kappa shape index (κ2) is 9.76. The van der Waals surface area contributed by atoms with Gasteiger partial charge in [0.2, 0.25) is 11.2 Å². The molecule has 1 aromatic carbocycles. The van der Waals surface area contributed by atoms with Crippen LogP contribution in [0, 0.1) is 0 Å². The van der Waals surface area contributed by atoms with Crippen molar-refractivity contribution in [1.82, 2.24) is 4.57 Å². The first-order valence-corrected chi connectivity index (χ1v) is 10.3. The summed E-state index contributed by atoms with van der Waals surface area (Å²) in [5, 5.41) is 1.25. The van der Waals surface area contributed by atoms with E-state index in [-0.39, 0.29) is 24.1 Å². The minimum absolute atomic E-state index is 0.184. The van der Waals surface area contributed by atoms with Crippen molar-refractivity contribution in [2.45, 2.75) is 51.5 Å². The Bertz CT molecular complexity index is 971. The topological polar surface area (TPSA) is 62.8 Å². The highest BCUT2D eigenvalue weighted by Crippen LogP contribution is 2.17. The molecule has 0 bridgehead atoms. The minimum Gasteiger partial charge on any atom is -0.487 e. The average molecular weight is 397 g/mol. The number of aryl methyl sites for hydroxylation is 1. The SMILES string of the molecule is O=c1cc(COC2CCCCO2)occ1OCCCCn1ccc2ccccc21. The van der Waals surface area contributed by atoms with E-state index in [0.29, 0.717) is 12.4 Å². The van der Waals surface area contributed by atoms with E-state index in [2.05, 4.69) is 35.0 Å². The van der Waals surface area contributed by atoms with Crippen molar-refractivity contribution in [3.63, 3.8) is 0 Å². The Morgan fingerprint density at radius 1 is 1.14 bits per heavy atom. The largest absolute Gasteiger partial charge is 0.487 e. The van der Waals surface area contributed by atoms with Crippen molar-refractivity contribution in [1.29, 1.82) is 0 Å². The zero-order valence-electron chi connectivity index (χ0n) is 16.5. The van der Waals surface area contributed by atoms with Crippen LogP contribution in [0.3, 0.4) is 0 Å². The number of rotatable bonds is 9. The number of hydrogen-bond acceptors (Lipinski definition) is 5. The number of hydrogen-bond donors (Lipinski definition) is 0. The number of benzene rings is 1. The van der Waals surface area contributed by atoms with Gasteiger partial charge in [0.05, 0.1) is 6.61 Å². The van der Waals surface area contributed by atoms with Crippen LogP contribution >= 0.6 is 0 Å². The maximum absolute atomic E-state index is 12.2. The Balaban J connectivity index is 1.20. The lowest BCUT2D eigenvalue weighted by molar-refractivity contribution is -0.171. The molecule has 3 heterocycles. The standard InChI is InChI=1S/C23H27NO5/c25-21-15-19(16-29-23-9-3-5-14-27-23)28-17-22(21)26-13-6-4-11-24-12-10-18-7-1-2-8-20(18)24/h1-2,7-8,10,12,15,17,23H,3-6,9,11,13-14,16H2. The van der Waals surface area contributed by atoms with Crippen molar-refractivity contribution in [2.24, 2.45) is 0 Å². The molecule has 1 fully saturated rings. The summed E-state index contributed by atoms with van der Waals surface area (Å²) in [4.78, 5) is 12.2. The lowest BCUT2D eigenvalue weighted by Crippen LogP contribution is -2.22. The van der Waals surface area contributed by atoms with Crippen LogP contribution < -0.4 is 10.2 Å². The van der Waals surface area contributed by atoms with Gasteiger partial charge in [0.15, 0.2) is 6.29 Å². The molecule has 3 aromatic rings. The predicted octanol–water partition coefficient (Wildman–Crippen LogP) is 4.50. The van der Waals surface area contributed by atoms with Gasteiger partial charge in [-0.15, -0.1) is 0 Å². The second-order valence-corrected chi connectivity index (χ2v) is 7.31. The number of nitrogens with zero attached hydrogens (tertiary/aromatic N) is 1. The fourth-order valence-corrected chi connectivity index (χ4v) is 3.54. The summed E-state index contributed by atoms with van der Waals surface area (Å²) in [5.74, 6) is 0.727. The number of ether oxygens (including phenoxy) is 3. The zero-order valence-corrected chi connectivity index (χ0v) is 16.5. The molecule has 4 rings (SSSR count). The molecule has 1 aliphatic heterocycles. The first kappa shape index (κ1) is 19.7. The molecule has 1 saturated heterocycles. The Hall–Kier alpha value is -2.57. The third-order valence-electron chi connectivity index (χ3n) is 5.13. The summed E-state index contributed by atoms with van der Waals surface area (Å²) in [5.41, 5.74) is 1.06. The molecule has 0 spiro atoms. The lowest BCUT2D eigenvalue weighted by atomic mass is 10.2. The normalized spacial score (nSPS) is 16.9. The van der Waals surface area contributed by atoms with Crippen LogP contribution in [0.2, 0.25) is 0 Å². The molecule has 0 radical (unpaired) electrons. The third-order valence-corrected chi connectivity index (χ3v) is 5.13. The molecule has 29 heavy (non-hydrogen) atoms. The van der Waals surface area contributed by atoms with Gasteiger partial charge in [-0.05, 0) is 49.6 Å². The fourth-order valence-electron chi connectivity index (χ4n) is 3.54. The summed E-state index contributed by atoms with van der Waals surface area (Å²) in [6.07, 6.45) is 8.16. The second-order valence-electron chi connectivity index (χ2n) is 7.31. The summed E-state index contributed by atoms with van der Waals surface area (Å²) in [7, 11) is 0. The summed E-state index contributed by atoms with van der Waals surface area (Å²) >= 11 is 0. The van der Waals surface area contributed by atoms with Crippen molar-refractivity contribution >= 4 is 10.9 Å². The maximum Gasteiger partial charge on any atom is 0.227 e. The first-order chi connectivity index (χ1) is 14.3. The summed E-state index contributed by atoms with van der Waals surface area (Å²) < 4.78 is 24.5. The molecule has 1 aliphatic rings. The van der Waals surface area contributed by atoms with Gasteiger partial charge in [-0.25, -0.2) is 0 Å². The van der Waals surface area contributed by atoms with Crippen LogP contribution in [-0.2, 0) is 22.6 Å². The lowest BCUT2D eigenvalue weighted by Gasteiger charge is -2.22. The molecular formula is C23H27NO5. The van der Waals surface area contributed by atoms with Gasteiger partial charge in [0.1, 0.15) is 18.6 Å². The maximum atomic E-state index is 12.2. The minimum atomic E-state index is -0.206. The van der Waals surface area contributed by atoms with Gasteiger partial charge in [-0.2, -0.15) is 0 Å². The van der Waals surface area contributed by atoms with Crippen molar-refractivity contribution in [3.8, 4) is 5.75 Å². The van der Waals surface area contributed by atoms with Crippen LogP contribution in [0.25, 0.3) is 10.9 Å². The van der Waals surface area contributed by atoms with Gasteiger partial charge in [-0.3, -0.25) is 4.79 Å². The molecular weight excluding hydrogens is 370 g/mol. The third kappa shape index (κ3) is 5.28. The highest BCUT2D eigenvalue weighted by Gasteiger charge is 2.15. The van der Waals surface area contributed by atoms with Crippen LogP contribution in [0.1, 0.15) is 37.9 Å². The highest BCUT2D eigenvalue weighted by atomic mass is 16.7. The van der Waals surface area contributed by atoms with Gasteiger partial charge in [-0.1, -0.05) is 18.2 Å². The van der Waals surface area contributed by atoms with Crippen molar-refractivity contribution < 1.29 is 18.6 Å². The Morgan fingerprint density at radius 2 is 2.07 bits per heavy atom. The molecule has 0 N–H and O–H groups in total. The van der Waals surface area contributed by atoms with Crippen LogP contribution in [0.15, 0.2) is 58.1 Å². The Kier molecular flexibility index (Phi) is 6.64. The fraction of sp³-hybridized carbons (Fsp3) is 0.435. The van der Waals surface area contributed by atoms with Gasteiger partial charge >= 0.3 is 0 Å². The smallest absolute Gasteiger partial charge is 0.227 e. The van der Waals surface area contributed by atoms with Gasteiger partial charge in [0, 0.05) is 30.9 Å². The highest BCUT2D eigenvalue weighted by molar-refractivity contribution is 5.79. The molecule has 0 amide bonds. The molecule has 0 aliphatic carbocycles. The van der Waals surface area contributed by atoms with E-state index >= 15 is 0 Å². The van der Waals surface area contributed by atoms with E-state index in [0.717, 1.165) is 45.3 Å². The number of para-hydroxylation sites is 1. The molecule has 6 nitrogen and oxygen atoms in total. The van der Waals surface area contributed by atoms with E-state index < -0.39 is 0 Å². The Morgan fingerprint density at radius 3 is 2.93 bits per heavy atom. The van der Waals surface area contributed by atoms with Crippen molar-refractivity contribution in [3.05, 3.63) is 64.8 Å². The van der Waals surface area contributed by atoms with E-state index in [1.165, 1.54) is 23.2 Å². The predicted molar refractivity (Wildman–Crippen MR) is 110 cm³/mol. The average Bonchev–Trinajstić information content (AvgIpc) is 3.17. The van der Waals surface area contributed by atoms with E-state index in [1.54, 1.807) is 0 Å². The Labute approximate surface area is 170 Å². The number of fused-ring (bicyclic) bond motifs is 1. The zero-order chi connectivity index (χ0) is 19.9. The van der Waals surface area contributed by atoms with Crippen LogP contribution in [0.4, 0.5) is 0 Å². The van der Waals surface area contributed by atoms with E-state index in [1.807, 2.05) is 6.07 Å². The van der Waals surface area contributed by atoms with Crippen molar-refractivity contribution in [2.75, 3.05) is 13.2 Å². The van der Waals surface area contributed by atoms with Gasteiger partial charge in [0.25, 0.3) is 0 Å². The molecule has 6 heteroatoms. The summed E-state index contributed by atoms with van der Waals surface area (Å²) in [6.45, 7) is 2.35. The quantitative estimate of drug-likeness (QED) is 0.498. The number of aromatic nitrogens is 1. The molecule has 154 valence electrons. The van der Waals surface area contributed by atoms with Crippen LogP contribution in [0.5, 0.6) is 5.75 Å². The van der Waals surface area contributed by atoms with Crippen LogP contribution in [-0.4, -0.2) is 24.1 Å². The van der Waals surface area contributed by atoms with Gasteiger partial charge < -0.3 is 23.2 Å². The first-order valence-electron chi connectivity index (χ1n) is 10.3. The molecule has 1 unspecified atom stereocenters.